The van der Waals surface area contributed by atoms with Gasteiger partial charge in [-0.1, -0.05) is 36.4 Å². The highest BCUT2D eigenvalue weighted by molar-refractivity contribution is 5.28. The third-order valence-corrected chi connectivity index (χ3v) is 3.31. The highest BCUT2D eigenvalue weighted by atomic mass is 19.4. The van der Waals surface area contributed by atoms with E-state index in [1.165, 1.54) is 6.07 Å². The molecule has 2 rings (SSSR count). The van der Waals surface area contributed by atoms with E-state index in [-0.39, 0.29) is 6.04 Å². The van der Waals surface area contributed by atoms with Gasteiger partial charge in [0.05, 0.1) is 5.56 Å². The van der Waals surface area contributed by atoms with Crippen LogP contribution in [0.4, 0.5) is 17.6 Å². The quantitative estimate of drug-likeness (QED) is 0.827. The molecule has 2 aromatic carbocycles. The standard InChI is InChI=1S/C16H15F4N/c17-14-8-6-11(10-13(14)16(18,19)20)7-9-15(21)12-4-2-1-3-5-12/h1-6,8,10,15H,7,9,21H2. The molecular formula is C16H15F4N. The molecule has 0 heterocycles. The summed E-state index contributed by atoms with van der Waals surface area (Å²) in [7, 11) is 0. The van der Waals surface area contributed by atoms with Crippen LogP contribution in [0.5, 0.6) is 0 Å². The summed E-state index contributed by atoms with van der Waals surface area (Å²) < 4.78 is 51.1. The van der Waals surface area contributed by atoms with Crippen molar-refractivity contribution in [1.82, 2.24) is 0 Å². The molecule has 0 aliphatic heterocycles. The Morgan fingerprint density at radius 1 is 1.00 bits per heavy atom. The second kappa shape index (κ2) is 6.26. The average Bonchev–Trinajstić information content (AvgIpc) is 2.45. The van der Waals surface area contributed by atoms with Gasteiger partial charge >= 0.3 is 6.18 Å². The molecule has 1 atom stereocenters. The number of nitrogens with two attached hydrogens (primary N) is 1. The van der Waals surface area contributed by atoms with Gasteiger partial charge in [-0.05, 0) is 36.1 Å². The summed E-state index contributed by atoms with van der Waals surface area (Å²) in [6.45, 7) is 0. The van der Waals surface area contributed by atoms with E-state index in [1.807, 2.05) is 30.3 Å². The molecule has 0 saturated heterocycles. The Morgan fingerprint density at radius 3 is 2.29 bits per heavy atom. The number of aryl methyl sites for hydroxylation is 1. The first-order valence-electron chi connectivity index (χ1n) is 6.54. The molecule has 0 radical (unpaired) electrons. The highest BCUT2D eigenvalue weighted by Gasteiger charge is 2.34. The number of benzene rings is 2. The van der Waals surface area contributed by atoms with Gasteiger partial charge in [0.25, 0.3) is 0 Å². The van der Waals surface area contributed by atoms with Gasteiger partial charge in [-0.2, -0.15) is 13.2 Å². The van der Waals surface area contributed by atoms with Crippen LogP contribution in [-0.2, 0) is 12.6 Å². The first kappa shape index (κ1) is 15.5. The van der Waals surface area contributed by atoms with Crippen LogP contribution in [0.15, 0.2) is 48.5 Å². The van der Waals surface area contributed by atoms with E-state index < -0.39 is 17.6 Å². The summed E-state index contributed by atoms with van der Waals surface area (Å²) in [6.07, 6.45) is -3.83. The van der Waals surface area contributed by atoms with Crippen LogP contribution in [0.3, 0.4) is 0 Å². The molecule has 0 aliphatic rings. The van der Waals surface area contributed by atoms with Crippen molar-refractivity contribution in [1.29, 1.82) is 0 Å². The molecule has 2 N–H and O–H groups in total. The Morgan fingerprint density at radius 2 is 1.67 bits per heavy atom. The lowest BCUT2D eigenvalue weighted by Crippen LogP contribution is -2.12. The van der Waals surface area contributed by atoms with Gasteiger partial charge < -0.3 is 5.73 Å². The Hall–Kier alpha value is -1.88. The fourth-order valence-corrected chi connectivity index (χ4v) is 2.13. The average molecular weight is 297 g/mol. The highest BCUT2D eigenvalue weighted by Crippen LogP contribution is 2.32. The number of alkyl halides is 3. The Labute approximate surface area is 120 Å². The third kappa shape index (κ3) is 4.04. The zero-order valence-electron chi connectivity index (χ0n) is 11.2. The molecule has 0 amide bonds. The maximum atomic E-state index is 13.2. The third-order valence-electron chi connectivity index (χ3n) is 3.31. The van der Waals surface area contributed by atoms with Crippen molar-refractivity contribution in [3.05, 3.63) is 71.0 Å². The van der Waals surface area contributed by atoms with Crippen molar-refractivity contribution in [3.8, 4) is 0 Å². The minimum atomic E-state index is -4.68. The molecule has 0 saturated carbocycles. The van der Waals surface area contributed by atoms with E-state index in [2.05, 4.69) is 0 Å². The molecule has 2 aromatic rings. The number of hydrogen-bond acceptors (Lipinski definition) is 1. The lowest BCUT2D eigenvalue weighted by atomic mass is 9.98. The van der Waals surface area contributed by atoms with Gasteiger partial charge in [0.1, 0.15) is 5.82 Å². The van der Waals surface area contributed by atoms with Crippen LogP contribution in [0, 0.1) is 5.82 Å². The minimum Gasteiger partial charge on any atom is -0.324 e. The van der Waals surface area contributed by atoms with Crippen molar-refractivity contribution >= 4 is 0 Å². The van der Waals surface area contributed by atoms with Crippen molar-refractivity contribution in [2.24, 2.45) is 5.73 Å². The molecule has 1 unspecified atom stereocenters. The Balaban J connectivity index is 2.07. The first-order valence-corrected chi connectivity index (χ1v) is 6.54. The summed E-state index contributed by atoms with van der Waals surface area (Å²) in [4.78, 5) is 0. The normalized spacial score (nSPS) is 13.2. The zero-order chi connectivity index (χ0) is 15.5. The monoisotopic (exact) mass is 297 g/mol. The van der Waals surface area contributed by atoms with E-state index in [0.29, 0.717) is 18.4 Å². The SMILES string of the molecule is NC(CCc1ccc(F)c(C(F)(F)F)c1)c1ccccc1. The van der Waals surface area contributed by atoms with E-state index in [1.54, 1.807) is 0 Å². The van der Waals surface area contributed by atoms with Crippen LogP contribution in [0.1, 0.15) is 29.2 Å². The van der Waals surface area contributed by atoms with Crippen molar-refractivity contribution in [2.75, 3.05) is 0 Å². The number of halogens is 4. The van der Waals surface area contributed by atoms with Crippen LogP contribution in [0.2, 0.25) is 0 Å². The minimum absolute atomic E-state index is 0.259. The fraction of sp³-hybridized carbons (Fsp3) is 0.250. The van der Waals surface area contributed by atoms with E-state index in [0.717, 1.165) is 17.7 Å². The summed E-state index contributed by atoms with van der Waals surface area (Å²) in [5, 5.41) is 0. The topological polar surface area (TPSA) is 26.0 Å². The largest absolute Gasteiger partial charge is 0.419 e. The van der Waals surface area contributed by atoms with Gasteiger partial charge in [-0.25, -0.2) is 4.39 Å². The Kier molecular flexibility index (Phi) is 4.63. The first-order chi connectivity index (χ1) is 9.88. The lowest BCUT2D eigenvalue weighted by molar-refractivity contribution is -0.140. The van der Waals surface area contributed by atoms with Crippen LogP contribution in [-0.4, -0.2) is 0 Å². The van der Waals surface area contributed by atoms with Crippen molar-refractivity contribution in [3.63, 3.8) is 0 Å². The maximum Gasteiger partial charge on any atom is 0.419 e. The fourth-order valence-electron chi connectivity index (χ4n) is 2.13. The predicted octanol–water partition coefficient (Wildman–Crippen LogP) is 4.48. The van der Waals surface area contributed by atoms with Crippen molar-refractivity contribution < 1.29 is 17.6 Å². The van der Waals surface area contributed by atoms with Crippen LogP contribution >= 0.6 is 0 Å². The molecule has 0 bridgehead atoms. The molecule has 0 aromatic heterocycles. The van der Waals surface area contributed by atoms with Crippen LogP contribution < -0.4 is 5.73 Å². The molecule has 5 heteroatoms. The summed E-state index contributed by atoms with van der Waals surface area (Å²) in [5.74, 6) is -1.25. The molecular weight excluding hydrogens is 282 g/mol. The number of hydrogen-bond donors (Lipinski definition) is 1. The molecule has 0 aliphatic carbocycles. The summed E-state index contributed by atoms with van der Waals surface area (Å²) in [6, 6.07) is 12.1. The molecule has 112 valence electrons. The summed E-state index contributed by atoms with van der Waals surface area (Å²) >= 11 is 0. The van der Waals surface area contributed by atoms with Gasteiger partial charge in [0.15, 0.2) is 0 Å². The number of rotatable bonds is 4. The lowest BCUT2D eigenvalue weighted by Gasteiger charge is -2.13. The molecule has 21 heavy (non-hydrogen) atoms. The summed E-state index contributed by atoms with van der Waals surface area (Å²) in [5.41, 5.74) is 6.12. The second-order valence-electron chi connectivity index (χ2n) is 4.87. The van der Waals surface area contributed by atoms with Gasteiger partial charge in [0.2, 0.25) is 0 Å². The van der Waals surface area contributed by atoms with Gasteiger partial charge in [0, 0.05) is 6.04 Å². The van der Waals surface area contributed by atoms with Crippen molar-refractivity contribution in [2.45, 2.75) is 25.1 Å². The molecule has 1 nitrogen and oxygen atoms in total. The molecule has 0 fully saturated rings. The van der Waals surface area contributed by atoms with Gasteiger partial charge in [-0.3, -0.25) is 0 Å². The van der Waals surface area contributed by atoms with E-state index >= 15 is 0 Å². The second-order valence-corrected chi connectivity index (χ2v) is 4.87. The smallest absolute Gasteiger partial charge is 0.324 e. The maximum absolute atomic E-state index is 13.2. The van der Waals surface area contributed by atoms with Crippen LogP contribution in [0.25, 0.3) is 0 Å². The Bertz CT molecular complexity index is 593. The molecule has 0 spiro atoms. The van der Waals surface area contributed by atoms with Gasteiger partial charge in [-0.15, -0.1) is 0 Å². The van der Waals surface area contributed by atoms with E-state index in [4.69, 9.17) is 5.73 Å². The predicted molar refractivity (Wildman–Crippen MR) is 73.1 cm³/mol. The van der Waals surface area contributed by atoms with E-state index in [9.17, 15) is 17.6 Å². The zero-order valence-corrected chi connectivity index (χ0v) is 11.2.